The molecule has 5 fully saturated rings. The van der Waals surface area contributed by atoms with Crippen LogP contribution in [0.1, 0.15) is 89.1 Å². The monoisotopic (exact) mass is 651 g/mol. The third-order valence-corrected chi connectivity index (χ3v) is 12.5. The standard InChI is InChI=1S/C37H46BN5O5/c1-23(2)18-30(38-46-29-20-25-19-28(34(25,3)4)35(29,5)47-38)41-33(45)37(36(13-14-36)24-10-7-6-8-11-24)21-26(42-48-37)22-40-32(44)27-12-9-16-43-17-15-39-31(27)43/h6-12,15-17,23,25,28-30H,13-14,18-22H2,1-5H3,(H,40,44)(H,41,45)/t25-,28-,29+,30-,35-,37?/m0/s1. The maximum Gasteiger partial charge on any atom is 0.481 e. The Morgan fingerprint density at radius 3 is 2.58 bits per heavy atom. The number of carbonyl (C=O) groups is 2. The van der Waals surface area contributed by atoms with Crippen LogP contribution in [0.5, 0.6) is 0 Å². The minimum Gasteiger partial charge on any atom is -0.404 e. The smallest absolute Gasteiger partial charge is 0.404 e. The minimum absolute atomic E-state index is 0.0213. The van der Waals surface area contributed by atoms with Gasteiger partial charge in [0.05, 0.1) is 35.5 Å². The van der Waals surface area contributed by atoms with Crippen LogP contribution in [0, 0.1) is 23.2 Å². The molecule has 11 heteroatoms. The molecule has 10 nitrogen and oxygen atoms in total. The van der Waals surface area contributed by atoms with Crippen molar-refractivity contribution in [2.45, 2.75) is 102 Å². The van der Waals surface area contributed by atoms with Crippen LogP contribution in [0.2, 0.25) is 0 Å². The van der Waals surface area contributed by atoms with Crippen LogP contribution in [0.3, 0.4) is 0 Å². The molecule has 1 aromatic carbocycles. The molecule has 0 spiro atoms. The molecule has 1 unspecified atom stereocenters. The van der Waals surface area contributed by atoms with E-state index in [1.165, 1.54) is 6.42 Å². The number of aromatic nitrogens is 2. The first-order valence-electron chi connectivity index (χ1n) is 17.6. The molecule has 4 heterocycles. The lowest BCUT2D eigenvalue weighted by atomic mass is 9.43. The van der Waals surface area contributed by atoms with Crippen LogP contribution < -0.4 is 10.6 Å². The fourth-order valence-electron chi connectivity index (χ4n) is 9.50. The maximum atomic E-state index is 14.8. The van der Waals surface area contributed by atoms with Gasteiger partial charge in [-0.25, -0.2) is 4.98 Å². The van der Waals surface area contributed by atoms with Gasteiger partial charge in [0.25, 0.3) is 11.8 Å². The van der Waals surface area contributed by atoms with Crippen LogP contribution in [0.15, 0.2) is 66.2 Å². The third kappa shape index (κ3) is 4.75. The van der Waals surface area contributed by atoms with Gasteiger partial charge in [-0.2, -0.15) is 0 Å². The van der Waals surface area contributed by atoms with Gasteiger partial charge >= 0.3 is 7.12 Å². The summed E-state index contributed by atoms with van der Waals surface area (Å²) in [6, 6.07) is 13.7. The quantitative estimate of drug-likeness (QED) is 0.295. The number of imidazole rings is 1. The third-order valence-electron chi connectivity index (χ3n) is 12.5. The highest BCUT2D eigenvalue weighted by Crippen LogP contribution is 2.66. The highest BCUT2D eigenvalue weighted by molar-refractivity contribution is 6.48. The molecule has 2 aromatic heterocycles. The zero-order chi connectivity index (χ0) is 33.5. The number of nitrogens with one attached hydrogen (secondary N) is 2. The molecule has 6 atom stereocenters. The molecule has 2 N–H and O–H groups in total. The topological polar surface area (TPSA) is 116 Å². The second kappa shape index (κ2) is 11.2. The van der Waals surface area contributed by atoms with E-state index in [4.69, 9.17) is 14.1 Å². The van der Waals surface area contributed by atoms with Crippen molar-refractivity contribution in [2.75, 3.05) is 6.54 Å². The summed E-state index contributed by atoms with van der Waals surface area (Å²) in [6.07, 6.45) is 10.1. The SMILES string of the molecule is CC(C)C[C@H](NC(=O)C1(C2(c3ccccc3)CC2)CC(CNC(=O)c2cccn3ccnc23)=NO1)B1O[C@@H]2C[C@@H]3C[C@@H](C3(C)C)[C@]2(C)O1. The molecule has 9 rings (SSSR count). The molecule has 2 aliphatic heterocycles. The molecular weight excluding hydrogens is 605 g/mol. The van der Waals surface area contributed by atoms with Gasteiger partial charge in [0.2, 0.25) is 5.60 Å². The number of benzene rings is 1. The molecule has 4 saturated carbocycles. The lowest BCUT2D eigenvalue weighted by Gasteiger charge is -2.64. The molecule has 252 valence electrons. The van der Waals surface area contributed by atoms with E-state index in [-0.39, 0.29) is 47.8 Å². The zero-order valence-electron chi connectivity index (χ0n) is 28.6. The highest BCUT2D eigenvalue weighted by atomic mass is 16.7. The Hall–Kier alpha value is -3.70. The summed E-state index contributed by atoms with van der Waals surface area (Å²) in [7, 11) is -0.545. The summed E-state index contributed by atoms with van der Waals surface area (Å²) in [4.78, 5) is 38.8. The number of oxime groups is 1. The first-order valence-corrected chi connectivity index (χ1v) is 17.6. The van der Waals surface area contributed by atoms with E-state index in [1.807, 2.05) is 34.9 Å². The van der Waals surface area contributed by atoms with Crippen LogP contribution >= 0.6 is 0 Å². The van der Waals surface area contributed by atoms with Gasteiger partial charge in [-0.15, -0.1) is 0 Å². The Morgan fingerprint density at radius 1 is 1.06 bits per heavy atom. The minimum atomic E-state index is -1.27. The molecule has 0 radical (unpaired) electrons. The average Bonchev–Trinajstić information content (AvgIpc) is 3.38. The molecule has 48 heavy (non-hydrogen) atoms. The summed E-state index contributed by atoms with van der Waals surface area (Å²) in [5, 5.41) is 10.9. The number of fused-ring (bicyclic) bond motifs is 1. The second-order valence-corrected chi connectivity index (χ2v) is 16.0. The van der Waals surface area contributed by atoms with Crippen molar-refractivity contribution in [2.24, 2.45) is 28.3 Å². The van der Waals surface area contributed by atoms with E-state index >= 15 is 0 Å². The molecule has 4 aliphatic carbocycles. The fraction of sp³-hybridized carbons (Fsp3) is 0.568. The van der Waals surface area contributed by atoms with Gasteiger partial charge in [-0.3, -0.25) is 9.59 Å². The van der Waals surface area contributed by atoms with Gasteiger partial charge in [0.15, 0.2) is 0 Å². The maximum absolute atomic E-state index is 14.8. The molecule has 2 amide bonds. The zero-order valence-corrected chi connectivity index (χ0v) is 28.6. The highest BCUT2D eigenvalue weighted by Gasteiger charge is 2.71. The van der Waals surface area contributed by atoms with Crippen LogP contribution in [-0.2, 0) is 24.4 Å². The van der Waals surface area contributed by atoms with Crippen molar-refractivity contribution in [3.63, 3.8) is 0 Å². The lowest BCUT2D eigenvalue weighted by Crippen LogP contribution is -2.65. The number of nitrogens with zero attached hydrogens (tertiary/aromatic N) is 3. The van der Waals surface area contributed by atoms with Gasteiger partial charge in [0, 0.05) is 30.4 Å². The molecule has 2 bridgehead atoms. The molecule has 3 aromatic rings. The predicted octanol–water partition coefficient (Wildman–Crippen LogP) is 5.11. The predicted molar refractivity (Wildman–Crippen MR) is 182 cm³/mol. The van der Waals surface area contributed by atoms with E-state index in [1.54, 1.807) is 18.5 Å². The van der Waals surface area contributed by atoms with Crippen molar-refractivity contribution in [1.82, 2.24) is 20.0 Å². The molecular formula is C37H46BN5O5. The van der Waals surface area contributed by atoms with E-state index in [2.05, 4.69) is 67.5 Å². The molecule has 6 aliphatic rings. The Morgan fingerprint density at radius 2 is 1.85 bits per heavy atom. The van der Waals surface area contributed by atoms with Gasteiger partial charge in [0.1, 0.15) is 5.65 Å². The van der Waals surface area contributed by atoms with E-state index in [9.17, 15) is 9.59 Å². The van der Waals surface area contributed by atoms with Crippen molar-refractivity contribution < 1.29 is 23.7 Å². The second-order valence-electron chi connectivity index (χ2n) is 16.0. The first kappa shape index (κ1) is 31.6. The van der Waals surface area contributed by atoms with Crippen molar-refractivity contribution in [3.8, 4) is 0 Å². The Labute approximate surface area is 282 Å². The van der Waals surface area contributed by atoms with E-state index in [0.717, 1.165) is 24.8 Å². The normalized spacial score (nSPS) is 31.4. The summed E-state index contributed by atoms with van der Waals surface area (Å²) in [6.45, 7) is 11.4. The van der Waals surface area contributed by atoms with Gasteiger partial charge < -0.3 is 29.2 Å². The van der Waals surface area contributed by atoms with Crippen LogP contribution in [-0.4, -0.2) is 63.8 Å². The summed E-state index contributed by atoms with van der Waals surface area (Å²) in [5.74, 6) is 0.543. The first-order chi connectivity index (χ1) is 23.0. The number of pyridine rings is 1. The lowest BCUT2D eigenvalue weighted by molar-refractivity contribution is -0.199. The largest absolute Gasteiger partial charge is 0.481 e. The van der Waals surface area contributed by atoms with Crippen molar-refractivity contribution in [3.05, 3.63) is 72.2 Å². The molecule has 1 saturated heterocycles. The number of rotatable bonds is 10. The van der Waals surface area contributed by atoms with E-state index in [0.29, 0.717) is 41.1 Å². The number of hydrogen-bond acceptors (Lipinski definition) is 7. The van der Waals surface area contributed by atoms with Gasteiger partial charge in [-0.05, 0) is 79.9 Å². The number of hydrogen-bond donors (Lipinski definition) is 2. The number of amides is 2. The van der Waals surface area contributed by atoms with Crippen LogP contribution in [0.25, 0.3) is 5.65 Å². The Bertz CT molecular complexity index is 1770. The van der Waals surface area contributed by atoms with Gasteiger partial charge in [-0.1, -0.05) is 63.2 Å². The average molecular weight is 652 g/mol. The summed E-state index contributed by atoms with van der Waals surface area (Å²) < 4.78 is 15.4. The summed E-state index contributed by atoms with van der Waals surface area (Å²) in [5.41, 5.74) is 0.761. The Kier molecular flexibility index (Phi) is 7.34. The van der Waals surface area contributed by atoms with E-state index < -0.39 is 18.1 Å². The van der Waals surface area contributed by atoms with Crippen LogP contribution in [0.4, 0.5) is 0 Å². The fourth-order valence-corrected chi connectivity index (χ4v) is 9.50. The number of carbonyl (C=O) groups excluding carboxylic acids is 2. The van der Waals surface area contributed by atoms with Crippen molar-refractivity contribution in [1.29, 1.82) is 0 Å². The summed E-state index contributed by atoms with van der Waals surface area (Å²) >= 11 is 0. The van der Waals surface area contributed by atoms with Crippen molar-refractivity contribution >= 4 is 30.3 Å². The Balaban J connectivity index is 1.04.